The van der Waals surface area contributed by atoms with Crippen molar-refractivity contribution in [3.8, 4) is 0 Å². The molecule has 2 saturated heterocycles. The molecule has 2 fully saturated rings. The molecule has 7 heteroatoms. The summed E-state index contributed by atoms with van der Waals surface area (Å²) >= 11 is 0. The highest BCUT2D eigenvalue weighted by atomic mass is 16.6. The number of ether oxygens (including phenoxy) is 1. The number of likely N-dealkylation sites (tertiary alicyclic amines) is 1. The van der Waals surface area contributed by atoms with Crippen molar-refractivity contribution in [2.45, 2.75) is 32.2 Å². The van der Waals surface area contributed by atoms with Gasteiger partial charge in [0.15, 0.2) is 0 Å². The molecule has 0 spiro atoms. The normalized spacial score (nSPS) is 18.9. The Morgan fingerprint density at radius 3 is 2.76 bits per heavy atom. The van der Waals surface area contributed by atoms with E-state index in [1.807, 2.05) is 18.2 Å². The molecule has 3 amide bonds. The summed E-state index contributed by atoms with van der Waals surface area (Å²) < 4.78 is 4.95. The zero-order valence-corrected chi connectivity index (χ0v) is 14.7. The van der Waals surface area contributed by atoms with Crippen molar-refractivity contribution < 1.29 is 14.3 Å². The highest BCUT2D eigenvalue weighted by molar-refractivity contribution is 5.93. The van der Waals surface area contributed by atoms with Gasteiger partial charge >= 0.3 is 12.1 Å². The predicted molar refractivity (Wildman–Crippen MR) is 97.0 cm³/mol. The van der Waals surface area contributed by atoms with Gasteiger partial charge in [0.25, 0.3) is 0 Å². The predicted octanol–water partition coefficient (Wildman–Crippen LogP) is 2.64. The topological polar surface area (TPSA) is 73.9 Å². The van der Waals surface area contributed by atoms with Crippen LogP contribution in [0.15, 0.2) is 24.3 Å². The largest absolute Gasteiger partial charge is 0.447 e. The lowest BCUT2D eigenvalue weighted by molar-refractivity contribution is 0.181. The fraction of sp³-hybridized carbons (Fsp3) is 0.556. The van der Waals surface area contributed by atoms with Gasteiger partial charge in [0.05, 0.1) is 6.54 Å². The molecule has 2 N–H and O–H groups in total. The molecule has 2 aliphatic heterocycles. The fourth-order valence-corrected chi connectivity index (χ4v) is 3.29. The van der Waals surface area contributed by atoms with Gasteiger partial charge in [-0.2, -0.15) is 0 Å². The number of hydrogen-bond donors (Lipinski definition) is 2. The number of rotatable bonds is 6. The third-order valence-electron chi connectivity index (χ3n) is 4.68. The Balaban J connectivity index is 1.55. The van der Waals surface area contributed by atoms with Crippen molar-refractivity contribution in [3.63, 3.8) is 0 Å². The van der Waals surface area contributed by atoms with Crippen LogP contribution in [0, 0.1) is 0 Å². The van der Waals surface area contributed by atoms with Crippen LogP contribution in [0.3, 0.4) is 0 Å². The Morgan fingerprint density at radius 1 is 1.28 bits per heavy atom. The molecule has 1 unspecified atom stereocenters. The molecule has 0 saturated carbocycles. The van der Waals surface area contributed by atoms with Gasteiger partial charge in [-0.1, -0.05) is 13.0 Å². The summed E-state index contributed by atoms with van der Waals surface area (Å²) in [7, 11) is 0. The van der Waals surface area contributed by atoms with Gasteiger partial charge in [0, 0.05) is 24.0 Å². The van der Waals surface area contributed by atoms with Crippen LogP contribution in [0.1, 0.15) is 26.2 Å². The molecule has 1 aromatic carbocycles. The molecule has 136 valence electrons. The molecule has 2 aliphatic rings. The van der Waals surface area contributed by atoms with E-state index in [1.54, 1.807) is 11.0 Å². The maximum Gasteiger partial charge on any atom is 0.414 e. The Kier molecular flexibility index (Phi) is 5.75. The summed E-state index contributed by atoms with van der Waals surface area (Å²) in [5, 5.41) is 5.91. The van der Waals surface area contributed by atoms with Gasteiger partial charge in [-0.15, -0.1) is 0 Å². The first-order valence-electron chi connectivity index (χ1n) is 9.00. The van der Waals surface area contributed by atoms with E-state index in [2.05, 4.69) is 22.5 Å². The number of amides is 3. The Bertz CT molecular complexity index is 616. The lowest BCUT2D eigenvalue weighted by atomic mass is 10.2. The van der Waals surface area contributed by atoms with Gasteiger partial charge in [0.2, 0.25) is 0 Å². The monoisotopic (exact) mass is 346 g/mol. The highest BCUT2D eigenvalue weighted by Crippen LogP contribution is 2.22. The summed E-state index contributed by atoms with van der Waals surface area (Å²) in [5.74, 6) is 0. The number of cyclic esters (lactones) is 1. The minimum Gasteiger partial charge on any atom is -0.447 e. The molecule has 0 aromatic heterocycles. The van der Waals surface area contributed by atoms with Crippen molar-refractivity contribution in [1.29, 1.82) is 0 Å². The second-order valence-electron chi connectivity index (χ2n) is 6.53. The fourth-order valence-electron chi connectivity index (χ4n) is 3.29. The summed E-state index contributed by atoms with van der Waals surface area (Å²) in [6, 6.07) is 7.16. The molecule has 25 heavy (non-hydrogen) atoms. The van der Waals surface area contributed by atoms with Crippen molar-refractivity contribution in [1.82, 2.24) is 10.2 Å². The molecule has 7 nitrogen and oxygen atoms in total. The van der Waals surface area contributed by atoms with E-state index < -0.39 is 0 Å². The SMILES string of the molecule is CCC(CN1CCCC1)NC(=O)Nc1cccc(N2CCOC2=O)c1. The lowest BCUT2D eigenvalue weighted by Crippen LogP contribution is -2.44. The number of benzene rings is 1. The molecule has 3 rings (SSSR count). The highest BCUT2D eigenvalue weighted by Gasteiger charge is 2.24. The average Bonchev–Trinajstić information content (AvgIpc) is 3.26. The molecule has 0 radical (unpaired) electrons. The molecule has 2 heterocycles. The van der Waals surface area contributed by atoms with Gasteiger partial charge < -0.3 is 20.3 Å². The Labute approximate surface area is 148 Å². The molecule has 1 aromatic rings. The third kappa shape index (κ3) is 4.63. The summed E-state index contributed by atoms with van der Waals surface area (Å²) in [6.45, 7) is 6.14. The van der Waals surface area contributed by atoms with Crippen molar-refractivity contribution in [2.75, 3.05) is 43.0 Å². The van der Waals surface area contributed by atoms with E-state index in [4.69, 9.17) is 4.74 Å². The van der Waals surface area contributed by atoms with Crippen LogP contribution in [0.25, 0.3) is 0 Å². The number of urea groups is 1. The van der Waals surface area contributed by atoms with Crippen molar-refractivity contribution >= 4 is 23.5 Å². The summed E-state index contributed by atoms with van der Waals surface area (Å²) in [4.78, 5) is 27.9. The van der Waals surface area contributed by atoms with Gasteiger partial charge in [0.1, 0.15) is 6.61 Å². The molecular formula is C18H26N4O3. The Morgan fingerprint density at radius 2 is 2.08 bits per heavy atom. The van der Waals surface area contributed by atoms with E-state index in [0.29, 0.717) is 18.8 Å². The number of nitrogens with zero attached hydrogens (tertiary/aromatic N) is 2. The van der Waals surface area contributed by atoms with Gasteiger partial charge in [-0.25, -0.2) is 9.59 Å². The third-order valence-corrected chi connectivity index (χ3v) is 4.68. The molecular weight excluding hydrogens is 320 g/mol. The minimum absolute atomic E-state index is 0.134. The number of hydrogen-bond acceptors (Lipinski definition) is 4. The van der Waals surface area contributed by atoms with Crippen molar-refractivity contribution in [2.24, 2.45) is 0 Å². The molecule has 1 atom stereocenters. The van der Waals surface area contributed by atoms with E-state index in [0.717, 1.165) is 31.7 Å². The van der Waals surface area contributed by atoms with Crippen LogP contribution in [0.4, 0.5) is 21.0 Å². The number of nitrogens with one attached hydrogen (secondary N) is 2. The second kappa shape index (κ2) is 8.20. The van der Waals surface area contributed by atoms with Crippen LogP contribution in [0.2, 0.25) is 0 Å². The maximum atomic E-state index is 12.3. The van der Waals surface area contributed by atoms with Crippen LogP contribution >= 0.6 is 0 Å². The quantitative estimate of drug-likeness (QED) is 0.830. The first kappa shape index (κ1) is 17.5. The maximum absolute atomic E-state index is 12.3. The van der Waals surface area contributed by atoms with E-state index in [-0.39, 0.29) is 18.2 Å². The van der Waals surface area contributed by atoms with E-state index in [9.17, 15) is 9.59 Å². The first-order valence-corrected chi connectivity index (χ1v) is 9.00. The first-order chi connectivity index (χ1) is 12.2. The van der Waals surface area contributed by atoms with Gasteiger partial charge in [-0.05, 0) is 50.6 Å². The zero-order valence-electron chi connectivity index (χ0n) is 14.7. The standard InChI is InChI=1S/C18H26N4O3/c1-2-14(13-21-8-3-4-9-21)19-17(23)20-15-6-5-7-16(12-15)22-10-11-25-18(22)24/h5-7,12,14H,2-4,8-11,13H2,1H3,(H2,19,20,23). The molecule has 0 bridgehead atoms. The Hall–Kier alpha value is -2.28. The second-order valence-corrected chi connectivity index (χ2v) is 6.53. The number of carbonyl (C=O) groups is 2. The summed E-state index contributed by atoms with van der Waals surface area (Å²) in [5.41, 5.74) is 1.38. The van der Waals surface area contributed by atoms with Crippen LogP contribution in [-0.4, -0.2) is 55.9 Å². The zero-order chi connectivity index (χ0) is 17.6. The number of anilines is 2. The van der Waals surface area contributed by atoms with Gasteiger partial charge in [-0.3, -0.25) is 4.90 Å². The average molecular weight is 346 g/mol. The van der Waals surface area contributed by atoms with Crippen LogP contribution < -0.4 is 15.5 Å². The number of carbonyl (C=O) groups excluding carboxylic acids is 2. The molecule has 0 aliphatic carbocycles. The minimum atomic E-state index is -0.349. The lowest BCUT2D eigenvalue weighted by Gasteiger charge is -2.23. The van der Waals surface area contributed by atoms with E-state index in [1.165, 1.54) is 12.8 Å². The van der Waals surface area contributed by atoms with Crippen molar-refractivity contribution in [3.05, 3.63) is 24.3 Å². The van der Waals surface area contributed by atoms with Crippen LogP contribution in [-0.2, 0) is 4.74 Å². The smallest absolute Gasteiger partial charge is 0.414 e. The summed E-state index contributed by atoms with van der Waals surface area (Å²) in [6.07, 6.45) is 3.03. The van der Waals surface area contributed by atoms with E-state index >= 15 is 0 Å². The van der Waals surface area contributed by atoms with Crippen LogP contribution in [0.5, 0.6) is 0 Å².